The van der Waals surface area contributed by atoms with Crippen molar-refractivity contribution in [2.45, 2.75) is 50.5 Å². The number of halogens is 4. The largest absolute Gasteiger partial charge is 0.416 e. The molecule has 2 aromatic rings. The molecular weight excluding hydrogens is 481 g/mol. The highest BCUT2D eigenvalue weighted by atomic mass is 79.9. The minimum absolute atomic E-state index is 0.121. The highest BCUT2D eigenvalue weighted by Crippen LogP contribution is 2.30. The van der Waals surface area contributed by atoms with E-state index in [2.05, 4.69) is 20.8 Å². The first-order valence-electron chi connectivity index (χ1n) is 10.9. The predicted octanol–water partition coefficient (Wildman–Crippen LogP) is 6.14. The second kappa shape index (κ2) is 9.79. The Labute approximate surface area is 195 Å². The lowest BCUT2D eigenvalue weighted by atomic mass is 10.0. The van der Waals surface area contributed by atoms with Crippen molar-refractivity contribution in [2.24, 2.45) is 0 Å². The van der Waals surface area contributed by atoms with E-state index in [4.69, 9.17) is 0 Å². The Kier molecular flexibility index (Phi) is 7.05. The maximum atomic E-state index is 13.1. The van der Waals surface area contributed by atoms with E-state index in [0.29, 0.717) is 18.2 Å². The first-order valence-corrected chi connectivity index (χ1v) is 11.7. The lowest BCUT2D eigenvalue weighted by Gasteiger charge is -2.48. The maximum absolute atomic E-state index is 13.1. The molecule has 2 aromatic carbocycles. The van der Waals surface area contributed by atoms with Crippen LogP contribution in [0.2, 0.25) is 0 Å². The molecule has 32 heavy (non-hydrogen) atoms. The number of benzene rings is 2. The van der Waals surface area contributed by atoms with Crippen molar-refractivity contribution in [3.63, 3.8) is 0 Å². The van der Waals surface area contributed by atoms with Crippen molar-refractivity contribution in [1.29, 1.82) is 0 Å². The Morgan fingerprint density at radius 1 is 1.03 bits per heavy atom. The number of alkyl halides is 3. The number of rotatable bonds is 6. The molecule has 4 rings (SSSR count). The molecule has 0 atom stereocenters. The third-order valence-corrected chi connectivity index (χ3v) is 6.91. The molecule has 1 aliphatic heterocycles. The van der Waals surface area contributed by atoms with E-state index in [1.54, 1.807) is 6.08 Å². The lowest BCUT2D eigenvalue weighted by Crippen LogP contribution is -2.62. The lowest BCUT2D eigenvalue weighted by molar-refractivity contribution is -0.137. The van der Waals surface area contributed by atoms with Crippen LogP contribution in [0.4, 0.5) is 13.2 Å². The number of likely N-dealkylation sites (tertiary alicyclic amines) is 1. The van der Waals surface area contributed by atoms with Crippen molar-refractivity contribution in [3.05, 3.63) is 75.8 Å². The van der Waals surface area contributed by atoms with Gasteiger partial charge in [0.25, 0.3) is 0 Å². The van der Waals surface area contributed by atoms with Crippen LogP contribution in [0.1, 0.15) is 42.4 Å². The smallest absolute Gasteiger partial charge is 0.329 e. The van der Waals surface area contributed by atoms with Gasteiger partial charge >= 0.3 is 6.18 Å². The topological polar surface area (TPSA) is 23.6 Å². The van der Waals surface area contributed by atoms with Crippen LogP contribution in [-0.2, 0) is 17.5 Å². The third-order valence-electron chi connectivity index (χ3n) is 6.38. The van der Waals surface area contributed by atoms with Crippen LogP contribution in [0.5, 0.6) is 0 Å². The Morgan fingerprint density at radius 2 is 1.66 bits per heavy atom. The van der Waals surface area contributed by atoms with E-state index < -0.39 is 11.7 Å². The van der Waals surface area contributed by atoms with Gasteiger partial charge in [0.05, 0.1) is 11.6 Å². The molecule has 0 unspecified atom stereocenters. The zero-order valence-corrected chi connectivity index (χ0v) is 19.3. The van der Waals surface area contributed by atoms with E-state index in [0.717, 1.165) is 35.3 Å². The van der Waals surface area contributed by atoms with Crippen LogP contribution >= 0.6 is 15.9 Å². The number of hydrogen-bond acceptors (Lipinski definition) is 2. The summed E-state index contributed by atoms with van der Waals surface area (Å²) >= 11 is 3.44. The number of carbonyl (C=O) groups excluding carboxylic acids is 1. The zero-order chi connectivity index (χ0) is 22.7. The molecule has 0 aromatic heterocycles. The van der Waals surface area contributed by atoms with Gasteiger partial charge in [-0.3, -0.25) is 9.69 Å². The quantitative estimate of drug-likeness (QED) is 0.439. The number of amides is 1. The summed E-state index contributed by atoms with van der Waals surface area (Å²) in [5.74, 6) is -0.121. The average molecular weight is 507 g/mol. The highest BCUT2D eigenvalue weighted by molar-refractivity contribution is 9.10. The first kappa shape index (κ1) is 23.1. The SMILES string of the molecule is O=C(C=Cc1ccc(C(F)(F)F)cc1)N(Cc1ccc(Br)cc1)C1CN(C2CCCC2)C1. The minimum atomic E-state index is -4.37. The van der Waals surface area contributed by atoms with Crippen molar-refractivity contribution in [2.75, 3.05) is 13.1 Å². The molecule has 1 aliphatic carbocycles. The Balaban J connectivity index is 1.45. The highest BCUT2D eigenvalue weighted by Gasteiger charge is 2.38. The Hall–Kier alpha value is -2.12. The van der Waals surface area contributed by atoms with E-state index in [1.807, 2.05) is 29.2 Å². The molecule has 0 N–H and O–H groups in total. The number of carbonyl (C=O) groups is 1. The fourth-order valence-electron chi connectivity index (χ4n) is 4.47. The summed E-state index contributed by atoms with van der Waals surface area (Å²) in [7, 11) is 0. The van der Waals surface area contributed by atoms with Gasteiger partial charge in [-0.2, -0.15) is 13.2 Å². The van der Waals surface area contributed by atoms with Gasteiger partial charge in [0.1, 0.15) is 0 Å². The molecule has 1 saturated carbocycles. The maximum Gasteiger partial charge on any atom is 0.416 e. The molecular formula is C25H26BrF3N2O. The standard InChI is InChI=1S/C25H26BrF3N2O/c26-21-12-7-19(8-13-21)15-31(23-16-30(17-23)22-3-1-2-4-22)24(32)14-9-18-5-10-20(11-6-18)25(27,28)29/h5-14,22-23H,1-4,15-17H2. The van der Waals surface area contributed by atoms with Crippen LogP contribution in [0, 0.1) is 0 Å². The molecule has 1 heterocycles. The van der Waals surface area contributed by atoms with Crippen LogP contribution < -0.4 is 0 Å². The molecule has 1 amide bonds. The van der Waals surface area contributed by atoms with Crippen LogP contribution in [0.3, 0.4) is 0 Å². The van der Waals surface area contributed by atoms with Crippen molar-refractivity contribution in [1.82, 2.24) is 9.80 Å². The molecule has 0 radical (unpaired) electrons. The van der Waals surface area contributed by atoms with E-state index >= 15 is 0 Å². The summed E-state index contributed by atoms with van der Waals surface area (Å²) in [6, 6.07) is 13.5. The van der Waals surface area contributed by atoms with E-state index in [1.165, 1.54) is 43.9 Å². The molecule has 1 saturated heterocycles. The molecule has 7 heteroatoms. The van der Waals surface area contributed by atoms with Crippen LogP contribution in [0.25, 0.3) is 6.08 Å². The number of hydrogen-bond donors (Lipinski definition) is 0. The molecule has 3 nitrogen and oxygen atoms in total. The van der Waals surface area contributed by atoms with E-state index in [9.17, 15) is 18.0 Å². The first-order chi connectivity index (χ1) is 15.3. The average Bonchev–Trinajstić information content (AvgIpc) is 3.25. The van der Waals surface area contributed by atoms with Gasteiger partial charge in [0, 0.05) is 36.2 Å². The molecule has 170 valence electrons. The predicted molar refractivity (Wildman–Crippen MR) is 123 cm³/mol. The second-order valence-electron chi connectivity index (χ2n) is 8.59. The van der Waals surface area contributed by atoms with Gasteiger partial charge in [-0.1, -0.05) is 53.0 Å². The monoisotopic (exact) mass is 506 g/mol. The van der Waals surface area contributed by atoms with Gasteiger partial charge in [0.15, 0.2) is 0 Å². The van der Waals surface area contributed by atoms with Gasteiger partial charge in [-0.15, -0.1) is 0 Å². The second-order valence-corrected chi connectivity index (χ2v) is 9.51. The fraction of sp³-hybridized carbons (Fsp3) is 0.400. The van der Waals surface area contributed by atoms with Crippen molar-refractivity contribution >= 4 is 27.9 Å². The van der Waals surface area contributed by atoms with Gasteiger partial charge in [0.2, 0.25) is 5.91 Å². The number of nitrogens with zero attached hydrogens (tertiary/aromatic N) is 2. The van der Waals surface area contributed by atoms with Gasteiger partial charge < -0.3 is 4.90 Å². The minimum Gasteiger partial charge on any atom is -0.329 e. The van der Waals surface area contributed by atoms with Crippen molar-refractivity contribution < 1.29 is 18.0 Å². The summed E-state index contributed by atoms with van der Waals surface area (Å²) in [6.45, 7) is 2.26. The molecule has 0 spiro atoms. The summed E-state index contributed by atoms with van der Waals surface area (Å²) in [5, 5.41) is 0. The summed E-state index contributed by atoms with van der Waals surface area (Å²) < 4.78 is 39.3. The summed E-state index contributed by atoms with van der Waals surface area (Å²) in [6.07, 6.45) is 3.73. The molecule has 2 fully saturated rings. The van der Waals surface area contributed by atoms with Gasteiger partial charge in [-0.05, 0) is 54.3 Å². The van der Waals surface area contributed by atoms with Crippen LogP contribution in [-0.4, -0.2) is 40.9 Å². The van der Waals surface area contributed by atoms with Crippen molar-refractivity contribution in [3.8, 4) is 0 Å². The normalized spacial score (nSPS) is 18.2. The Morgan fingerprint density at radius 3 is 2.25 bits per heavy atom. The van der Waals surface area contributed by atoms with E-state index in [-0.39, 0.29) is 11.9 Å². The molecule has 2 aliphatic rings. The summed E-state index contributed by atoms with van der Waals surface area (Å²) in [5.41, 5.74) is 0.916. The summed E-state index contributed by atoms with van der Waals surface area (Å²) in [4.78, 5) is 17.5. The van der Waals surface area contributed by atoms with Crippen LogP contribution in [0.15, 0.2) is 59.1 Å². The molecule has 0 bridgehead atoms. The Bertz CT molecular complexity index is 945. The van der Waals surface area contributed by atoms with Gasteiger partial charge in [-0.25, -0.2) is 0 Å². The zero-order valence-electron chi connectivity index (χ0n) is 17.7. The third kappa shape index (κ3) is 5.62. The fourth-order valence-corrected chi connectivity index (χ4v) is 4.74.